The van der Waals surface area contributed by atoms with E-state index in [-0.39, 0.29) is 6.10 Å². The number of ether oxygens (including phenoxy) is 1. The minimum Gasteiger partial charge on any atom is -0.473 e. The Kier molecular flexibility index (Phi) is 3.23. The molecular weight excluding hydrogens is 164 g/mol. The first-order chi connectivity index (χ1) is 6.09. The van der Waals surface area contributed by atoms with Gasteiger partial charge in [0.05, 0.1) is 18.0 Å². The van der Waals surface area contributed by atoms with Crippen LogP contribution in [0.1, 0.15) is 26.5 Å². The van der Waals surface area contributed by atoms with Crippen LogP contribution in [0, 0.1) is 12.8 Å². The first-order valence-corrected chi connectivity index (χ1v) is 4.55. The fraction of sp³-hybridized carbons (Fsp3) is 0.600. The summed E-state index contributed by atoms with van der Waals surface area (Å²) in [6, 6.07) is 0. The highest BCUT2D eigenvalue weighted by atomic mass is 16.5. The van der Waals surface area contributed by atoms with E-state index in [1.807, 2.05) is 13.8 Å². The summed E-state index contributed by atoms with van der Waals surface area (Å²) in [5.41, 5.74) is 0.883. The van der Waals surface area contributed by atoms with Gasteiger partial charge in [0.1, 0.15) is 0 Å². The van der Waals surface area contributed by atoms with Crippen LogP contribution in [0.5, 0.6) is 5.88 Å². The minimum atomic E-state index is 0.177. The normalized spacial score (nSPS) is 13.0. The third-order valence-electron chi connectivity index (χ3n) is 1.98. The standard InChI is InChI=1S/C10H16N2O/c1-7(2)9(4)13-10-6-11-5-8(3)12-10/h5-7,9H,1-4H3/t9-/m1/s1. The summed E-state index contributed by atoms with van der Waals surface area (Å²) in [4.78, 5) is 8.22. The van der Waals surface area contributed by atoms with Crippen LogP contribution in [0.25, 0.3) is 0 Å². The molecule has 0 amide bonds. The number of hydrogen-bond acceptors (Lipinski definition) is 3. The molecule has 1 rings (SSSR count). The predicted octanol–water partition coefficient (Wildman–Crippen LogP) is 2.21. The number of nitrogens with zero attached hydrogens (tertiary/aromatic N) is 2. The highest BCUT2D eigenvalue weighted by Crippen LogP contribution is 2.11. The van der Waals surface area contributed by atoms with E-state index < -0.39 is 0 Å². The molecule has 3 nitrogen and oxygen atoms in total. The van der Waals surface area contributed by atoms with Gasteiger partial charge in [0.15, 0.2) is 0 Å². The van der Waals surface area contributed by atoms with Crippen molar-refractivity contribution in [1.29, 1.82) is 0 Å². The van der Waals surface area contributed by atoms with Crippen LogP contribution in [0.3, 0.4) is 0 Å². The third-order valence-corrected chi connectivity index (χ3v) is 1.98. The molecule has 1 aromatic heterocycles. The summed E-state index contributed by atoms with van der Waals surface area (Å²) in [6.07, 6.45) is 3.54. The zero-order valence-electron chi connectivity index (χ0n) is 8.61. The maximum Gasteiger partial charge on any atom is 0.232 e. The van der Waals surface area contributed by atoms with Gasteiger partial charge >= 0.3 is 0 Å². The highest BCUT2D eigenvalue weighted by Gasteiger charge is 2.09. The van der Waals surface area contributed by atoms with Crippen molar-refractivity contribution in [3.63, 3.8) is 0 Å². The molecule has 0 aliphatic carbocycles. The van der Waals surface area contributed by atoms with Crippen molar-refractivity contribution in [3.05, 3.63) is 18.1 Å². The summed E-state index contributed by atoms with van der Waals surface area (Å²) in [7, 11) is 0. The van der Waals surface area contributed by atoms with Crippen molar-refractivity contribution in [3.8, 4) is 5.88 Å². The molecule has 0 N–H and O–H groups in total. The molecule has 0 unspecified atom stereocenters. The van der Waals surface area contributed by atoms with Crippen LogP contribution in [0.4, 0.5) is 0 Å². The quantitative estimate of drug-likeness (QED) is 0.715. The topological polar surface area (TPSA) is 35.0 Å². The highest BCUT2D eigenvalue weighted by molar-refractivity contribution is 5.07. The molecule has 0 spiro atoms. The molecule has 3 heteroatoms. The van der Waals surface area contributed by atoms with Crippen LogP contribution in [-0.4, -0.2) is 16.1 Å². The Hall–Kier alpha value is -1.12. The van der Waals surface area contributed by atoms with Gasteiger partial charge in [0.25, 0.3) is 0 Å². The lowest BCUT2D eigenvalue weighted by molar-refractivity contribution is 0.162. The lowest BCUT2D eigenvalue weighted by Crippen LogP contribution is -2.19. The van der Waals surface area contributed by atoms with Gasteiger partial charge in [0, 0.05) is 6.20 Å². The van der Waals surface area contributed by atoms with Gasteiger partial charge in [-0.1, -0.05) is 13.8 Å². The molecule has 0 radical (unpaired) electrons. The molecule has 0 aliphatic heterocycles. The maximum atomic E-state index is 5.58. The Morgan fingerprint density at radius 1 is 1.23 bits per heavy atom. The minimum absolute atomic E-state index is 0.177. The molecular formula is C10H16N2O. The van der Waals surface area contributed by atoms with E-state index in [1.165, 1.54) is 0 Å². The van der Waals surface area contributed by atoms with Crippen LogP contribution >= 0.6 is 0 Å². The van der Waals surface area contributed by atoms with Crippen molar-refractivity contribution in [2.45, 2.75) is 33.8 Å². The molecule has 1 heterocycles. The number of aryl methyl sites for hydroxylation is 1. The van der Waals surface area contributed by atoms with E-state index >= 15 is 0 Å². The Morgan fingerprint density at radius 3 is 2.46 bits per heavy atom. The van der Waals surface area contributed by atoms with Crippen LogP contribution in [-0.2, 0) is 0 Å². The first-order valence-electron chi connectivity index (χ1n) is 4.55. The van der Waals surface area contributed by atoms with Gasteiger partial charge in [-0.05, 0) is 19.8 Å². The van der Waals surface area contributed by atoms with Crippen molar-refractivity contribution < 1.29 is 4.74 Å². The van der Waals surface area contributed by atoms with Gasteiger partial charge in [0.2, 0.25) is 5.88 Å². The number of aromatic nitrogens is 2. The predicted molar refractivity (Wildman–Crippen MR) is 51.7 cm³/mol. The second-order valence-corrected chi connectivity index (χ2v) is 3.57. The molecule has 0 aromatic carbocycles. The van der Waals surface area contributed by atoms with Gasteiger partial charge in [-0.2, -0.15) is 0 Å². The third kappa shape index (κ3) is 3.01. The average Bonchev–Trinajstić information content (AvgIpc) is 2.04. The lowest BCUT2D eigenvalue weighted by atomic mass is 10.1. The smallest absolute Gasteiger partial charge is 0.232 e. The first kappa shape index (κ1) is 9.96. The molecule has 1 atom stereocenters. The molecule has 1 aromatic rings. The summed E-state index contributed by atoms with van der Waals surface area (Å²) < 4.78 is 5.58. The monoisotopic (exact) mass is 180 g/mol. The van der Waals surface area contributed by atoms with E-state index in [4.69, 9.17) is 4.74 Å². The van der Waals surface area contributed by atoms with Gasteiger partial charge < -0.3 is 4.74 Å². The molecule has 72 valence electrons. The van der Waals surface area contributed by atoms with Crippen molar-refractivity contribution in [1.82, 2.24) is 9.97 Å². The van der Waals surface area contributed by atoms with E-state index in [1.54, 1.807) is 12.4 Å². The Morgan fingerprint density at radius 2 is 1.92 bits per heavy atom. The molecule has 0 aliphatic rings. The Balaban J connectivity index is 2.64. The average molecular weight is 180 g/mol. The van der Waals surface area contributed by atoms with Gasteiger partial charge in [-0.3, -0.25) is 4.98 Å². The fourth-order valence-electron chi connectivity index (χ4n) is 0.824. The molecule has 0 saturated carbocycles. The number of rotatable bonds is 3. The molecule has 13 heavy (non-hydrogen) atoms. The number of hydrogen-bond donors (Lipinski definition) is 0. The lowest BCUT2D eigenvalue weighted by Gasteiger charge is -2.16. The maximum absolute atomic E-state index is 5.58. The summed E-state index contributed by atoms with van der Waals surface area (Å²) in [5, 5.41) is 0. The second kappa shape index (κ2) is 4.21. The zero-order chi connectivity index (χ0) is 9.84. The van der Waals surface area contributed by atoms with Crippen LogP contribution in [0.15, 0.2) is 12.4 Å². The summed E-state index contributed by atoms with van der Waals surface area (Å²) in [5.74, 6) is 1.10. The van der Waals surface area contributed by atoms with Crippen molar-refractivity contribution in [2.75, 3.05) is 0 Å². The van der Waals surface area contributed by atoms with E-state index in [9.17, 15) is 0 Å². The van der Waals surface area contributed by atoms with E-state index in [0.717, 1.165) is 5.69 Å². The Bertz CT molecular complexity index is 273. The fourth-order valence-corrected chi connectivity index (χ4v) is 0.824. The van der Waals surface area contributed by atoms with Crippen LogP contribution in [0.2, 0.25) is 0 Å². The van der Waals surface area contributed by atoms with Gasteiger partial charge in [-0.15, -0.1) is 0 Å². The molecule has 0 bridgehead atoms. The van der Waals surface area contributed by atoms with Crippen LogP contribution < -0.4 is 4.74 Å². The van der Waals surface area contributed by atoms with Crippen molar-refractivity contribution >= 4 is 0 Å². The SMILES string of the molecule is Cc1cncc(O[C@H](C)C(C)C)n1. The van der Waals surface area contributed by atoms with E-state index in [2.05, 4.69) is 23.8 Å². The largest absolute Gasteiger partial charge is 0.473 e. The van der Waals surface area contributed by atoms with Crippen molar-refractivity contribution in [2.24, 2.45) is 5.92 Å². The Labute approximate surface area is 79.2 Å². The van der Waals surface area contributed by atoms with Gasteiger partial charge in [-0.25, -0.2) is 4.98 Å². The zero-order valence-corrected chi connectivity index (χ0v) is 8.61. The summed E-state index contributed by atoms with van der Waals surface area (Å²) >= 11 is 0. The second-order valence-electron chi connectivity index (χ2n) is 3.57. The molecule has 0 saturated heterocycles. The summed E-state index contributed by atoms with van der Waals surface area (Å²) in [6.45, 7) is 8.18. The molecule has 0 fully saturated rings. The van der Waals surface area contributed by atoms with E-state index in [0.29, 0.717) is 11.8 Å².